The van der Waals surface area contributed by atoms with Gasteiger partial charge in [-0.1, -0.05) is 0 Å². The van der Waals surface area contributed by atoms with Gasteiger partial charge in [-0.25, -0.2) is 0 Å². The van der Waals surface area contributed by atoms with Crippen molar-refractivity contribution in [3.05, 3.63) is 0 Å². The Morgan fingerprint density at radius 2 is 2.00 bits per heavy atom. The minimum Gasteiger partial charge on any atom is -0.481 e. The van der Waals surface area contributed by atoms with E-state index in [1.165, 1.54) is 0 Å². The topological polar surface area (TPSA) is 33.1 Å². The van der Waals surface area contributed by atoms with Gasteiger partial charge in [-0.2, -0.15) is 13.2 Å². The predicted octanol–water partition coefficient (Wildman–Crippen LogP) is 2.73. The second kappa shape index (κ2) is 5.00. The van der Waals surface area contributed by atoms with E-state index < -0.39 is 12.6 Å². The van der Waals surface area contributed by atoms with Gasteiger partial charge in [0.15, 0.2) is 5.90 Å². The second-order valence-electron chi connectivity index (χ2n) is 2.32. The van der Waals surface area contributed by atoms with E-state index in [1.54, 1.807) is 6.92 Å². The first-order valence-corrected chi connectivity index (χ1v) is 3.72. The summed E-state index contributed by atoms with van der Waals surface area (Å²) in [6.45, 7) is 2.03. The number of halogens is 3. The molecule has 0 saturated heterocycles. The second-order valence-corrected chi connectivity index (χ2v) is 2.32. The summed E-state index contributed by atoms with van der Waals surface area (Å²) in [5, 5.41) is 7.01. The number of hydrogen-bond acceptors (Lipinski definition) is 2. The zero-order chi connectivity index (χ0) is 9.61. The van der Waals surface area contributed by atoms with Gasteiger partial charge in [-0.15, -0.1) is 0 Å². The van der Waals surface area contributed by atoms with Crippen molar-refractivity contribution in [2.75, 3.05) is 6.61 Å². The molecule has 0 rings (SSSR count). The van der Waals surface area contributed by atoms with Crippen molar-refractivity contribution in [3.63, 3.8) is 0 Å². The number of nitrogens with one attached hydrogen (secondary N) is 1. The Labute approximate surface area is 69.2 Å². The van der Waals surface area contributed by atoms with Crippen LogP contribution in [0.25, 0.3) is 0 Å². The first kappa shape index (κ1) is 11.3. The van der Waals surface area contributed by atoms with Crippen LogP contribution in [0.15, 0.2) is 0 Å². The Kier molecular flexibility index (Phi) is 4.70. The fraction of sp³-hybridized carbons (Fsp3) is 0.857. The maximum absolute atomic E-state index is 11.6. The normalized spacial score (nSPS) is 11.3. The summed E-state index contributed by atoms with van der Waals surface area (Å²) in [5.41, 5.74) is 0. The Balaban J connectivity index is 3.37. The Morgan fingerprint density at radius 1 is 1.42 bits per heavy atom. The maximum atomic E-state index is 11.6. The summed E-state index contributed by atoms with van der Waals surface area (Å²) in [7, 11) is 0. The van der Waals surface area contributed by atoms with Crippen molar-refractivity contribution < 1.29 is 17.9 Å². The molecule has 0 aromatic rings. The van der Waals surface area contributed by atoms with E-state index in [4.69, 9.17) is 5.41 Å². The molecule has 0 aromatic carbocycles. The van der Waals surface area contributed by atoms with E-state index in [0.717, 1.165) is 0 Å². The van der Waals surface area contributed by atoms with Gasteiger partial charge < -0.3 is 4.74 Å². The van der Waals surface area contributed by atoms with Crippen LogP contribution in [0.2, 0.25) is 0 Å². The smallest absolute Gasteiger partial charge is 0.389 e. The van der Waals surface area contributed by atoms with Crippen LogP contribution < -0.4 is 0 Å². The summed E-state index contributed by atoms with van der Waals surface area (Å²) < 4.78 is 39.4. The standard InChI is InChI=1S/C7H12F3NO/c1-2-12-6(11)4-3-5-7(8,9)10/h11H,2-5H2,1H3. The van der Waals surface area contributed by atoms with Gasteiger partial charge in [0.1, 0.15) is 0 Å². The lowest BCUT2D eigenvalue weighted by molar-refractivity contribution is -0.135. The molecule has 0 heterocycles. The van der Waals surface area contributed by atoms with Gasteiger partial charge >= 0.3 is 6.18 Å². The van der Waals surface area contributed by atoms with Crippen LogP contribution in [0, 0.1) is 5.41 Å². The molecule has 1 N–H and O–H groups in total. The monoisotopic (exact) mass is 183 g/mol. The third-order valence-corrected chi connectivity index (χ3v) is 1.18. The molecule has 0 atom stereocenters. The number of rotatable bonds is 4. The Hall–Kier alpha value is -0.740. The van der Waals surface area contributed by atoms with Gasteiger partial charge in [0, 0.05) is 12.8 Å². The van der Waals surface area contributed by atoms with Gasteiger partial charge in [-0.3, -0.25) is 5.41 Å². The largest absolute Gasteiger partial charge is 0.481 e. The molecule has 0 radical (unpaired) electrons. The molecule has 0 aliphatic rings. The van der Waals surface area contributed by atoms with E-state index in [9.17, 15) is 13.2 Å². The minimum atomic E-state index is -4.12. The van der Waals surface area contributed by atoms with Crippen molar-refractivity contribution in [3.8, 4) is 0 Å². The van der Waals surface area contributed by atoms with Crippen LogP contribution >= 0.6 is 0 Å². The number of alkyl halides is 3. The molecule has 0 spiro atoms. The van der Waals surface area contributed by atoms with E-state index in [0.29, 0.717) is 6.61 Å². The quantitative estimate of drug-likeness (QED) is 0.527. The highest BCUT2D eigenvalue weighted by molar-refractivity contribution is 5.72. The highest BCUT2D eigenvalue weighted by Gasteiger charge is 2.26. The molecular formula is C7H12F3NO. The van der Waals surface area contributed by atoms with Crippen LogP contribution in [0.3, 0.4) is 0 Å². The number of ether oxygens (including phenoxy) is 1. The lowest BCUT2D eigenvalue weighted by Gasteiger charge is -2.06. The molecule has 2 nitrogen and oxygen atoms in total. The van der Waals surface area contributed by atoms with Crippen molar-refractivity contribution in [2.24, 2.45) is 0 Å². The lowest BCUT2D eigenvalue weighted by Crippen LogP contribution is -2.09. The molecular weight excluding hydrogens is 171 g/mol. The average Bonchev–Trinajstić information content (AvgIpc) is 1.84. The molecule has 0 aromatic heterocycles. The van der Waals surface area contributed by atoms with Gasteiger partial charge in [0.05, 0.1) is 6.61 Å². The summed E-state index contributed by atoms with van der Waals surface area (Å²) >= 11 is 0. The molecule has 0 unspecified atom stereocenters. The summed E-state index contributed by atoms with van der Waals surface area (Å²) in [4.78, 5) is 0. The molecule has 12 heavy (non-hydrogen) atoms. The maximum Gasteiger partial charge on any atom is 0.389 e. The van der Waals surface area contributed by atoms with E-state index in [-0.39, 0.29) is 18.7 Å². The molecule has 0 fully saturated rings. The highest BCUT2D eigenvalue weighted by Crippen LogP contribution is 2.22. The summed E-state index contributed by atoms with van der Waals surface area (Å²) in [6, 6.07) is 0. The SMILES string of the molecule is CCOC(=N)CCCC(F)(F)F. The Morgan fingerprint density at radius 3 is 2.42 bits per heavy atom. The molecule has 0 bridgehead atoms. The average molecular weight is 183 g/mol. The van der Waals surface area contributed by atoms with Crippen LogP contribution in [-0.2, 0) is 4.74 Å². The van der Waals surface area contributed by atoms with Crippen molar-refractivity contribution in [1.82, 2.24) is 0 Å². The van der Waals surface area contributed by atoms with E-state index in [2.05, 4.69) is 4.74 Å². The van der Waals surface area contributed by atoms with Crippen LogP contribution in [-0.4, -0.2) is 18.7 Å². The van der Waals surface area contributed by atoms with Gasteiger partial charge in [0.25, 0.3) is 0 Å². The zero-order valence-electron chi connectivity index (χ0n) is 6.87. The van der Waals surface area contributed by atoms with Crippen LogP contribution in [0.4, 0.5) is 13.2 Å². The van der Waals surface area contributed by atoms with Crippen molar-refractivity contribution in [1.29, 1.82) is 5.41 Å². The predicted molar refractivity (Wildman–Crippen MR) is 39.3 cm³/mol. The van der Waals surface area contributed by atoms with Gasteiger partial charge in [0.2, 0.25) is 0 Å². The molecule has 5 heteroatoms. The molecule has 0 aliphatic carbocycles. The van der Waals surface area contributed by atoms with E-state index in [1.807, 2.05) is 0 Å². The third-order valence-electron chi connectivity index (χ3n) is 1.18. The highest BCUT2D eigenvalue weighted by atomic mass is 19.4. The molecule has 0 amide bonds. The Bertz CT molecular complexity index is 144. The van der Waals surface area contributed by atoms with Gasteiger partial charge in [-0.05, 0) is 13.3 Å². The van der Waals surface area contributed by atoms with E-state index >= 15 is 0 Å². The van der Waals surface area contributed by atoms with Crippen molar-refractivity contribution >= 4 is 5.90 Å². The molecule has 0 saturated carbocycles. The number of hydrogen-bond donors (Lipinski definition) is 1. The minimum absolute atomic E-state index is 0.0628. The lowest BCUT2D eigenvalue weighted by atomic mass is 10.2. The van der Waals surface area contributed by atoms with Crippen molar-refractivity contribution in [2.45, 2.75) is 32.4 Å². The molecule has 72 valence electrons. The zero-order valence-corrected chi connectivity index (χ0v) is 6.87. The van der Waals surface area contributed by atoms with Crippen LogP contribution in [0.1, 0.15) is 26.2 Å². The fourth-order valence-corrected chi connectivity index (χ4v) is 0.696. The fourth-order valence-electron chi connectivity index (χ4n) is 0.696. The summed E-state index contributed by atoms with van der Waals surface area (Å²) in [6.07, 6.45) is -4.97. The van der Waals surface area contributed by atoms with Crippen LogP contribution in [0.5, 0.6) is 0 Å². The summed E-state index contributed by atoms with van der Waals surface area (Å²) in [5.74, 6) is -0.0678. The first-order valence-electron chi connectivity index (χ1n) is 3.72. The third kappa shape index (κ3) is 7.37. The first-order chi connectivity index (χ1) is 5.45. The molecule has 0 aliphatic heterocycles.